The molecule has 5 rings (SSSR count). The number of rotatable bonds is 5. The Morgan fingerprint density at radius 1 is 1.03 bits per heavy atom. The zero-order valence-corrected chi connectivity index (χ0v) is 19.3. The van der Waals surface area contributed by atoms with E-state index in [2.05, 4.69) is 15.2 Å². The van der Waals surface area contributed by atoms with E-state index < -0.39 is 0 Å². The second kappa shape index (κ2) is 8.96. The van der Waals surface area contributed by atoms with Gasteiger partial charge < -0.3 is 24.4 Å². The zero-order valence-electron chi connectivity index (χ0n) is 18.6. The number of hydrogen-bond donors (Lipinski definition) is 1. The lowest BCUT2D eigenvalue weighted by Gasteiger charge is -2.29. The SMILES string of the molecule is COc1cc2c(cc1OC)-c1cc(Nc3ccc(N4CCOCC4)c(Cl)c3)nc(=O)n1CC2. The van der Waals surface area contributed by atoms with Crippen LogP contribution < -0.4 is 25.4 Å². The van der Waals surface area contributed by atoms with E-state index in [-0.39, 0.29) is 5.69 Å². The van der Waals surface area contributed by atoms with Crippen LogP contribution in [0, 0.1) is 0 Å². The molecule has 0 spiro atoms. The maximum Gasteiger partial charge on any atom is 0.350 e. The van der Waals surface area contributed by atoms with Crippen molar-refractivity contribution in [2.75, 3.05) is 50.7 Å². The Hall–Kier alpha value is -3.23. The first-order valence-electron chi connectivity index (χ1n) is 10.8. The van der Waals surface area contributed by atoms with Gasteiger partial charge in [-0.15, -0.1) is 0 Å². The number of ether oxygens (including phenoxy) is 3. The molecule has 0 atom stereocenters. The number of nitrogens with one attached hydrogen (secondary N) is 1. The van der Waals surface area contributed by atoms with Crippen LogP contribution in [0.15, 0.2) is 41.2 Å². The Labute approximate surface area is 196 Å². The Kier molecular flexibility index (Phi) is 5.86. The molecule has 1 saturated heterocycles. The van der Waals surface area contributed by atoms with Crippen molar-refractivity contribution in [3.05, 3.63) is 57.5 Å². The topological polar surface area (TPSA) is 77.9 Å². The van der Waals surface area contributed by atoms with Gasteiger partial charge in [0, 0.05) is 37.0 Å². The molecule has 3 heterocycles. The molecule has 8 nitrogen and oxygen atoms in total. The average molecular weight is 469 g/mol. The molecule has 1 N–H and O–H groups in total. The van der Waals surface area contributed by atoms with Gasteiger partial charge in [0.05, 0.1) is 43.8 Å². The van der Waals surface area contributed by atoms with Gasteiger partial charge in [0.1, 0.15) is 5.82 Å². The molecule has 3 aromatic rings. The lowest BCUT2D eigenvalue weighted by atomic mass is 9.97. The molecule has 0 bridgehead atoms. The van der Waals surface area contributed by atoms with Crippen molar-refractivity contribution in [1.82, 2.24) is 9.55 Å². The van der Waals surface area contributed by atoms with Crippen molar-refractivity contribution in [1.29, 1.82) is 0 Å². The summed E-state index contributed by atoms with van der Waals surface area (Å²) >= 11 is 6.57. The largest absolute Gasteiger partial charge is 0.493 e. The van der Waals surface area contributed by atoms with Gasteiger partial charge in [0.25, 0.3) is 0 Å². The highest BCUT2D eigenvalue weighted by Crippen LogP contribution is 2.38. The lowest BCUT2D eigenvalue weighted by molar-refractivity contribution is 0.122. The molecule has 2 aliphatic heterocycles. The van der Waals surface area contributed by atoms with Crippen LogP contribution in [0.3, 0.4) is 0 Å². The molecule has 0 amide bonds. The first-order chi connectivity index (χ1) is 16.1. The Bertz CT molecular complexity index is 1250. The van der Waals surface area contributed by atoms with Gasteiger partial charge in [-0.2, -0.15) is 4.98 Å². The highest BCUT2D eigenvalue weighted by molar-refractivity contribution is 6.33. The molecule has 0 unspecified atom stereocenters. The third-order valence-electron chi connectivity index (χ3n) is 6.07. The van der Waals surface area contributed by atoms with E-state index in [9.17, 15) is 4.79 Å². The van der Waals surface area contributed by atoms with Gasteiger partial charge in [-0.3, -0.25) is 4.57 Å². The number of aromatic nitrogens is 2. The fourth-order valence-electron chi connectivity index (χ4n) is 4.40. The number of fused-ring (bicyclic) bond motifs is 3. The number of nitrogens with zero attached hydrogens (tertiary/aromatic N) is 3. The second-order valence-electron chi connectivity index (χ2n) is 7.97. The minimum absolute atomic E-state index is 0.300. The van der Waals surface area contributed by atoms with Crippen LogP contribution in [0.25, 0.3) is 11.3 Å². The van der Waals surface area contributed by atoms with E-state index in [1.165, 1.54) is 0 Å². The minimum atomic E-state index is -0.300. The summed E-state index contributed by atoms with van der Waals surface area (Å²) in [5.74, 6) is 1.76. The van der Waals surface area contributed by atoms with Crippen molar-refractivity contribution in [3.63, 3.8) is 0 Å². The smallest absolute Gasteiger partial charge is 0.350 e. The van der Waals surface area contributed by atoms with E-state index in [0.717, 1.165) is 47.7 Å². The van der Waals surface area contributed by atoms with E-state index in [0.29, 0.717) is 42.1 Å². The highest BCUT2D eigenvalue weighted by Gasteiger charge is 2.22. The van der Waals surface area contributed by atoms with E-state index in [1.54, 1.807) is 18.8 Å². The number of benzene rings is 2. The molecular formula is C24H25ClN4O4. The van der Waals surface area contributed by atoms with E-state index >= 15 is 0 Å². The first kappa shape index (κ1) is 21.6. The zero-order chi connectivity index (χ0) is 22.9. The second-order valence-corrected chi connectivity index (χ2v) is 8.37. The van der Waals surface area contributed by atoms with Gasteiger partial charge in [-0.25, -0.2) is 4.79 Å². The molecule has 0 aliphatic carbocycles. The molecular weight excluding hydrogens is 444 g/mol. The summed E-state index contributed by atoms with van der Waals surface area (Å²) in [6.07, 6.45) is 0.718. The maximum atomic E-state index is 12.8. The normalized spacial score (nSPS) is 14.9. The van der Waals surface area contributed by atoms with Gasteiger partial charge in [-0.1, -0.05) is 11.6 Å². The number of anilines is 3. The summed E-state index contributed by atoms with van der Waals surface area (Å²) < 4.78 is 18.0. The van der Waals surface area contributed by atoms with Crippen LogP contribution in [-0.2, 0) is 17.7 Å². The molecule has 0 radical (unpaired) electrons. The fraction of sp³-hybridized carbons (Fsp3) is 0.333. The summed E-state index contributed by atoms with van der Waals surface area (Å²) in [6.45, 7) is 3.56. The third kappa shape index (κ3) is 4.12. The average Bonchev–Trinajstić information content (AvgIpc) is 2.83. The summed E-state index contributed by atoms with van der Waals surface area (Å²) in [6, 6.07) is 11.5. The number of aryl methyl sites for hydroxylation is 1. The molecule has 1 aromatic heterocycles. The summed E-state index contributed by atoms with van der Waals surface area (Å²) in [7, 11) is 3.22. The number of morpholine rings is 1. The molecule has 0 saturated carbocycles. The predicted octanol–water partition coefficient (Wildman–Crippen LogP) is 3.72. The van der Waals surface area contributed by atoms with Crippen LogP contribution in [-0.4, -0.2) is 50.1 Å². The van der Waals surface area contributed by atoms with E-state index in [1.807, 2.05) is 36.4 Å². The van der Waals surface area contributed by atoms with Gasteiger partial charge in [-0.05, 0) is 42.3 Å². The number of methoxy groups -OCH3 is 2. The van der Waals surface area contributed by atoms with Crippen LogP contribution in [0.1, 0.15) is 5.56 Å². The van der Waals surface area contributed by atoms with Gasteiger partial charge in [0.2, 0.25) is 0 Å². The monoisotopic (exact) mass is 468 g/mol. The minimum Gasteiger partial charge on any atom is -0.493 e. The van der Waals surface area contributed by atoms with Crippen molar-refractivity contribution in [3.8, 4) is 22.8 Å². The summed E-state index contributed by atoms with van der Waals surface area (Å²) in [4.78, 5) is 19.3. The third-order valence-corrected chi connectivity index (χ3v) is 6.38. The molecule has 2 aromatic carbocycles. The van der Waals surface area contributed by atoms with Crippen LogP contribution in [0.2, 0.25) is 5.02 Å². The molecule has 2 aliphatic rings. The lowest BCUT2D eigenvalue weighted by Crippen LogP contribution is -2.36. The molecule has 172 valence electrons. The fourth-order valence-corrected chi connectivity index (χ4v) is 4.70. The summed E-state index contributed by atoms with van der Waals surface area (Å²) in [5, 5.41) is 3.88. The van der Waals surface area contributed by atoms with Crippen LogP contribution in [0.5, 0.6) is 11.5 Å². The van der Waals surface area contributed by atoms with Crippen molar-refractivity contribution in [2.45, 2.75) is 13.0 Å². The quantitative estimate of drug-likeness (QED) is 0.611. The number of hydrogen-bond acceptors (Lipinski definition) is 7. The maximum absolute atomic E-state index is 12.8. The van der Waals surface area contributed by atoms with Crippen LogP contribution >= 0.6 is 11.6 Å². The Balaban J connectivity index is 1.48. The van der Waals surface area contributed by atoms with Crippen molar-refractivity contribution < 1.29 is 14.2 Å². The van der Waals surface area contributed by atoms with E-state index in [4.69, 9.17) is 25.8 Å². The molecule has 33 heavy (non-hydrogen) atoms. The van der Waals surface area contributed by atoms with Crippen molar-refractivity contribution >= 4 is 28.8 Å². The first-order valence-corrected chi connectivity index (χ1v) is 11.2. The standard InChI is InChI=1S/C24H25ClN4O4/c1-31-21-11-15-5-6-29-20(17(15)13-22(21)32-2)14-23(27-24(29)30)26-16-3-4-19(18(25)12-16)28-7-9-33-10-8-28/h3-4,11-14H,5-10H2,1-2H3,(H,26,27,30). The number of halogens is 1. The van der Waals surface area contributed by atoms with Gasteiger partial charge in [0.15, 0.2) is 11.5 Å². The van der Waals surface area contributed by atoms with Gasteiger partial charge >= 0.3 is 5.69 Å². The molecule has 9 heteroatoms. The Morgan fingerprint density at radius 3 is 2.52 bits per heavy atom. The Morgan fingerprint density at radius 2 is 1.79 bits per heavy atom. The predicted molar refractivity (Wildman–Crippen MR) is 129 cm³/mol. The highest BCUT2D eigenvalue weighted by atomic mass is 35.5. The van der Waals surface area contributed by atoms with Crippen molar-refractivity contribution in [2.24, 2.45) is 0 Å². The molecule has 1 fully saturated rings. The van der Waals surface area contributed by atoms with Crippen LogP contribution in [0.4, 0.5) is 17.2 Å². The summed E-state index contributed by atoms with van der Waals surface area (Å²) in [5.41, 5.74) is 4.25.